The van der Waals surface area contributed by atoms with E-state index in [1.165, 1.54) is 53.8 Å². The zero-order valence-corrected chi connectivity index (χ0v) is 17.7. The topological polar surface area (TPSA) is 55.3 Å². The summed E-state index contributed by atoms with van der Waals surface area (Å²) in [5.41, 5.74) is 6.73. The molecule has 3 aliphatic carbocycles. The molecule has 2 heterocycles. The van der Waals surface area contributed by atoms with Crippen molar-refractivity contribution >= 4 is 11.4 Å². The molecular weight excluding hydrogens is 362 g/mol. The van der Waals surface area contributed by atoms with Gasteiger partial charge in [-0.3, -0.25) is 9.69 Å². The minimum Gasteiger partial charge on any atom is -0.379 e. The number of ether oxygens (including phenoxy) is 1. The summed E-state index contributed by atoms with van der Waals surface area (Å²) in [6.45, 7) is 5.74. The van der Waals surface area contributed by atoms with Gasteiger partial charge in [-0.05, 0) is 69.8 Å². The number of aromatic nitrogens is 2. The van der Waals surface area contributed by atoms with Crippen molar-refractivity contribution in [2.24, 2.45) is 11.8 Å². The van der Waals surface area contributed by atoms with E-state index in [2.05, 4.69) is 9.88 Å². The Balaban J connectivity index is 1.27. The predicted octanol–water partition coefficient (Wildman–Crippen LogP) is 3.61. The predicted molar refractivity (Wildman–Crippen MR) is 113 cm³/mol. The van der Waals surface area contributed by atoms with E-state index in [9.17, 15) is 4.79 Å². The number of allylic oxidation sites excluding steroid dienone is 2. The molecule has 5 heteroatoms. The van der Waals surface area contributed by atoms with Crippen molar-refractivity contribution in [3.8, 4) is 0 Å². The van der Waals surface area contributed by atoms with Crippen molar-refractivity contribution in [2.45, 2.75) is 70.8 Å². The lowest BCUT2D eigenvalue weighted by atomic mass is 9.79. The highest BCUT2D eigenvalue weighted by molar-refractivity contribution is 5.85. The normalized spacial score (nSPS) is 30.2. The summed E-state index contributed by atoms with van der Waals surface area (Å²) < 4.78 is 5.52. The number of morpholine rings is 1. The van der Waals surface area contributed by atoms with Crippen LogP contribution in [0, 0.1) is 11.8 Å². The monoisotopic (exact) mass is 395 g/mol. The molecule has 0 unspecified atom stereocenters. The number of nitrogens with zero attached hydrogens (tertiary/aromatic N) is 3. The fourth-order valence-electron chi connectivity index (χ4n) is 6.05. The second-order valence-corrected chi connectivity index (χ2v) is 9.48. The maximum atomic E-state index is 12.0. The second kappa shape index (κ2) is 8.27. The van der Waals surface area contributed by atoms with Crippen LogP contribution >= 0.6 is 0 Å². The van der Waals surface area contributed by atoms with Crippen LogP contribution in [0.15, 0.2) is 11.9 Å². The number of Topliss-reactive ketones (excluding diaryl/α,β-unsaturated/α-hetero) is 1. The van der Waals surface area contributed by atoms with Gasteiger partial charge in [-0.25, -0.2) is 9.97 Å². The molecule has 1 saturated heterocycles. The molecule has 5 nitrogen and oxygen atoms in total. The number of rotatable bonds is 4. The number of carbonyl (C=O) groups excluding carboxylic acids is 1. The minimum atomic E-state index is 0.191. The lowest BCUT2D eigenvalue weighted by Crippen LogP contribution is -2.45. The van der Waals surface area contributed by atoms with Crippen molar-refractivity contribution in [3.05, 3.63) is 28.9 Å². The Morgan fingerprint density at radius 2 is 1.93 bits per heavy atom. The molecular formula is C24H33N3O2. The van der Waals surface area contributed by atoms with E-state index in [4.69, 9.17) is 9.72 Å². The first-order valence-corrected chi connectivity index (χ1v) is 11.5. The van der Waals surface area contributed by atoms with Gasteiger partial charge in [-0.1, -0.05) is 5.57 Å². The number of fused-ring (bicyclic) bond motifs is 2. The van der Waals surface area contributed by atoms with Crippen molar-refractivity contribution < 1.29 is 9.53 Å². The van der Waals surface area contributed by atoms with Gasteiger partial charge in [0.2, 0.25) is 0 Å². The number of hydrogen-bond acceptors (Lipinski definition) is 5. The van der Waals surface area contributed by atoms with Crippen molar-refractivity contribution in [1.29, 1.82) is 0 Å². The van der Waals surface area contributed by atoms with Crippen LogP contribution in [0.2, 0.25) is 0 Å². The van der Waals surface area contributed by atoms with E-state index in [1.54, 1.807) is 13.3 Å². The highest BCUT2D eigenvalue weighted by atomic mass is 16.5. The second-order valence-electron chi connectivity index (χ2n) is 9.48. The average Bonchev–Trinajstić information content (AvgIpc) is 3.13. The molecule has 0 radical (unpaired) electrons. The van der Waals surface area contributed by atoms with Gasteiger partial charge in [-0.15, -0.1) is 0 Å². The molecule has 5 rings (SSSR count). The van der Waals surface area contributed by atoms with Gasteiger partial charge in [0, 0.05) is 37.0 Å². The third kappa shape index (κ3) is 3.91. The molecule has 1 aromatic rings. The Hall–Kier alpha value is -1.59. The molecule has 0 spiro atoms. The molecule has 0 amide bonds. The van der Waals surface area contributed by atoms with E-state index in [1.807, 2.05) is 0 Å². The van der Waals surface area contributed by atoms with Crippen LogP contribution < -0.4 is 0 Å². The van der Waals surface area contributed by atoms with Gasteiger partial charge < -0.3 is 4.74 Å². The first kappa shape index (κ1) is 19.4. The van der Waals surface area contributed by atoms with E-state index < -0.39 is 0 Å². The van der Waals surface area contributed by atoms with Gasteiger partial charge in [-0.2, -0.15) is 0 Å². The van der Waals surface area contributed by atoms with Gasteiger partial charge >= 0.3 is 0 Å². The Labute approximate surface area is 173 Å². The number of carbonyl (C=O) groups is 1. The SMILES string of the molecule is CC(=O)[C@H]1CCC2=C(C1)c1c(ncnc1CC1CCC(N3CCOCC3)CC1)C2. The van der Waals surface area contributed by atoms with Crippen molar-refractivity contribution in [3.63, 3.8) is 0 Å². The number of ketones is 1. The Morgan fingerprint density at radius 1 is 1.14 bits per heavy atom. The van der Waals surface area contributed by atoms with Gasteiger partial charge in [0.15, 0.2) is 0 Å². The fourth-order valence-corrected chi connectivity index (χ4v) is 6.05. The van der Waals surface area contributed by atoms with Gasteiger partial charge in [0.1, 0.15) is 12.1 Å². The standard InChI is InChI=1S/C24H33N3O2/c1-16(28)18-4-5-19-14-23-24(21(19)13-18)22(25-15-26-23)12-17-2-6-20(7-3-17)27-8-10-29-11-9-27/h15,17-18,20H,2-14H2,1H3/t17?,18-,20?/m0/s1. The van der Waals surface area contributed by atoms with Crippen LogP contribution in [-0.4, -0.2) is 53.0 Å². The molecule has 4 aliphatic rings. The van der Waals surface area contributed by atoms with E-state index >= 15 is 0 Å². The van der Waals surface area contributed by atoms with Crippen molar-refractivity contribution in [2.75, 3.05) is 26.3 Å². The quantitative estimate of drug-likeness (QED) is 0.780. The maximum Gasteiger partial charge on any atom is 0.133 e. The smallest absolute Gasteiger partial charge is 0.133 e. The van der Waals surface area contributed by atoms with Crippen LogP contribution in [0.4, 0.5) is 0 Å². The zero-order valence-electron chi connectivity index (χ0n) is 17.7. The summed E-state index contributed by atoms with van der Waals surface area (Å²) in [7, 11) is 0. The minimum absolute atomic E-state index is 0.191. The Bertz CT molecular complexity index is 804. The molecule has 2 fully saturated rings. The highest BCUT2D eigenvalue weighted by Crippen LogP contribution is 2.45. The zero-order chi connectivity index (χ0) is 19.8. The van der Waals surface area contributed by atoms with Gasteiger partial charge in [0.05, 0.1) is 24.6 Å². The third-order valence-corrected chi connectivity index (χ3v) is 7.79. The molecule has 1 atom stereocenters. The molecule has 29 heavy (non-hydrogen) atoms. The molecule has 1 aliphatic heterocycles. The third-order valence-electron chi connectivity index (χ3n) is 7.79. The Morgan fingerprint density at radius 3 is 2.69 bits per heavy atom. The van der Waals surface area contributed by atoms with Gasteiger partial charge in [0.25, 0.3) is 0 Å². The molecule has 156 valence electrons. The lowest BCUT2D eigenvalue weighted by molar-refractivity contribution is -0.120. The maximum absolute atomic E-state index is 12.0. The summed E-state index contributed by atoms with van der Waals surface area (Å²) in [5, 5.41) is 0. The van der Waals surface area contributed by atoms with E-state index in [0.717, 1.165) is 70.4 Å². The fraction of sp³-hybridized carbons (Fsp3) is 0.708. The van der Waals surface area contributed by atoms with E-state index in [0.29, 0.717) is 5.78 Å². The molecule has 1 saturated carbocycles. The van der Waals surface area contributed by atoms with Crippen LogP contribution in [0.5, 0.6) is 0 Å². The summed E-state index contributed by atoms with van der Waals surface area (Å²) in [6, 6.07) is 0.746. The molecule has 0 aromatic carbocycles. The van der Waals surface area contributed by atoms with E-state index in [-0.39, 0.29) is 5.92 Å². The number of hydrogen-bond donors (Lipinski definition) is 0. The lowest BCUT2D eigenvalue weighted by Gasteiger charge is -2.38. The van der Waals surface area contributed by atoms with Crippen LogP contribution in [-0.2, 0) is 22.4 Å². The molecule has 0 N–H and O–H groups in total. The summed E-state index contributed by atoms with van der Waals surface area (Å²) in [5.74, 6) is 1.25. The van der Waals surface area contributed by atoms with Crippen LogP contribution in [0.1, 0.15) is 68.8 Å². The summed E-state index contributed by atoms with van der Waals surface area (Å²) in [4.78, 5) is 24.0. The molecule has 0 bridgehead atoms. The average molecular weight is 396 g/mol. The Kier molecular flexibility index (Phi) is 5.53. The summed E-state index contributed by atoms with van der Waals surface area (Å²) >= 11 is 0. The molecule has 1 aromatic heterocycles. The highest BCUT2D eigenvalue weighted by Gasteiger charge is 2.34. The largest absolute Gasteiger partial charge is 0.379 e. The first-order valence-electron chi connectivity index (χ1n) is 11.5. The van der Waals surface area contributed by atoms with Crippen LogP contribution in [0.25, 0.3) is 5.57 Å². The van der Waals surface area contributed by atoms with Crippen molar-refractivity contribution in [1.82, 2.24) is 14.9 Å². The summed E-state index contributed by atoms with van der Waals surface area (Å²) in [6.07, 6.45) is 12.0. The first-order chi connectivity index (χ1) is 14.2. The van der Waals surface area contributed by atoms with Crippen LogP contribution in [0.3, 0.4) is 0 Å².